The Hall–Kier alpha value is -2.93. The SMILES string of the molecule is COc1cc(C(c2cccc(Cl)c2Cl)N2CCCC2C(=O)O)cc(OC)c1OCc1ccccc1. The van der Waals surface area contributed by atoms with Gasteiger partial charge in [-0.05, 0) is 47.7 Å². The third-order valence-electron chi connectivity index (χ3n) is 6.21. The van der Waals surface area contributed by atoms with Crippen molar-refractivity contribution in [1.82, 2.24) is 4.90 Å². The Labute approximate surface area is 214 Å². The maximum Gasteiger partial charge on any atom is 0.320 e. The van der Waals surface area contributed by atoms with Crippen LogP contribution in [-0.4, -0.2) is 42.8 Å². The van der Waals surface area contributed by atoms with Crippen LogP contribution in [0.15, 0.2) is 60.7 Å². The van der Waals surface area contributed by atoms with Gasteiger partial charge >= 0.3 is 5.97 Å². The van der Waals surface area contributed by atoms with E-state index in [0.29, 0.717) is 46.9 Å². The molecule has 0 spiro atoms. The quantitative estimate of drug-likeness (QED) is 0.364. The molecule has 35 heavy (non-hydrogen) atoms. The van der Waals surface area contributed by atoms with Crippen LogP contribution in [-0.2, 0) is 11.4 Å². The van der Waals surface area contributed by atoms with Crippen LogP contribution in [0.2, 0.25) is 10.0 Å². The molecule has 1 saturated heterocycles. The average molecular weight is 516 g/mol. The van der Waals surface area contributed by atoms with Crippen molar-refractivity contribution in [1.29, 1.82) is 0 Å². The summed E-state index contributed by atoms with van der Waals surface area (Å²) in [6.07, 6.45) is 1.31. The van der Waals surface area contributed by atoms with E-state index in [2.05, 4.69) is 0 Å². The first-order valence-electron chi connectivity index (χ1n) is 11.3. The van der Waals surface area contributed by atoms with Crippen molar-refractivity contribution in [2.24, 2.45) is 0 Å². The van der Waals surface area contributed by atoms with Crippen molar-refractivity contribution in [3.05, 3.63) is 87.4 Å². The van der Waals surface area contributed by atoms with Gasteiger partial charge in [-0.15, -0.1) is 0 Å². The van der Waals surface area contributed by atoms with Gasteiger partial charge in [0.05, 0.1) is 30.3 Å². The van der Waals surface area contributed by atoms with Crippen LogP contribution < -0.4 is 14.2 Å². The van der Waals surface area contributed by atoms with Crippen molar-refractivity contribution >= 4 is 29.2 Å². The second-order valence-electron chi connectivity index (χ2n) is 8.31. The summed E-state index contributed by atoms with van der Waals surface area (Å²) in [6.45, 7) is 0.936. The lowest BCUT2D eigenvalue weighted by atomic mass is 9.95. The summed E-state index contributed by atoms with van der Waals surface area (Å²) < 4.78 is 17.5. The molecule has 2 atom stereocenters. The first kappa shape index (κ1) is 25.2. The van der Waals surface area contributed by atoms with E-state index in [9.17, 15) is 9.90 Å². The van der Waals surface area contributed by atoms with Crippen molar-refractivity contribution in [2.45, 2.75) is 31.5 Å². The number of likely N-dealkylation sites (tertiary alicyclic amines) is 1. The van der Waals surface area contributed by atoms with Gasteiger partial charge in [0.2, 0.25) is 5.75 Å². The maximum absolute atomic E-state index is 12.1. The molecule has 0 radical (unpaired) electrons. The number of hydrogen-bond donors (Lipinski definition) is 1. The second kappa shape index (κ2) is 11.2. The average Bonchev–Trinajstić information content (AvgIpc) is 3.35. The molecule has 1 fully saturated rings. The van der Waals surface area contributed by atoms with E-state index in [1.54, 1.807) is 20.3 Å². The number of hydrogen-bond acceptors (Lipinski definition) is 5. The largest absolute Gasteiger partial charge is 0.493 e. The zero-order valence-corrected chi connectivity index (χ0v) is 21.1. The van der Waals surface area contributed by atoms with Crippen LogP contribution in [0.5, 0.6) is 17.2 Å². The van der Waals surface area contributed by atoms with Crippen LogP contribution in [0.25, 0.3) is 0 Å². The van der Waals surface area contributed by atoms with Gasteiger partial charge in [-0.25, -0.2) is 0 Å². The minimum atomic E-state index is -0.868. The Morgan fingerprint density at radius 3 is 2.37 bits per heavy atom. The van der Waals surface area contributed by atoms with Gasteiger partial charge in [0.1, 0.15) is 12.6 Å². The highest BCUT2D eigenvalue weighted by molar-refractivity contribution is 6.42. The molecule has 0 bridgehead atoms. The lowest BCUT2D eigenvalue weighted by molar-refractivity contribution is -0.142. The van der Waals surface area contributed by atoms with E-state index in [1.165, 1.54) is 0 Å². The van der Waals surface area contributed by atoms with Crippen LogP contribution in [0, 0.1) is 0 Å². The Bertz CT molecular complexity index is 1160. The zero-order chi connectivity index (χ0) is 24.9. The lowest BCUT2D eigenvalue weighted by Gasteiger charge is -2.33. The first-order chi connectivity index (χ1) is 16.9. The molecule has 2 unspecified atom stereocenters. The van der Waals surface area contributed by atoms with E-state index in [-0.39, 0.29) is 0 Å². The van der Waals surface area contributed by atoms with Crippen molar-refractivity contribution in [2.75, 3.05) is 20.8 Å². The molecule has 4 rings (SSSR count). The molecule has 184 valence electrons. The number of carboxylic acid groups (broad SMARTS) is 1. The molecule has 1 aliphatic rings. The van der Waals surface area contributed by atoms with Crippen molar-refractivity contribution in [3.8, 4) is 17.2 Å². The minimum Gasteiger partial charge on any atom is -0.493 e. The highest BCUT2D eigenvalue weighted by atomic mass is 35.5. The smallest absolute Gasteiger partial charge is 0.320 e. The lowest BCUT2D eigenvalue weighted by Crippen LogP contribution is -2.39. The molecule has 8 heteroatoms. The number of carboxylic acids is 1. The van der Waals surface area contributed by atoms with Gasteiger partial charge in [-0.1, -0.05) is 65.7 Å². The number of aliphatic carboxylic acids is 1. The molecular weight excluding hydrogens is 489 g/mol. The van der Waals surface area contributed by atoms with Crippen LogP contribution in [0.1, 0.15) is 35.6 Å². The van der Waals surface area contributed by atoms with Gasteiger partial charge in [0.15, 0.2) is 11.5 Å². The van der Waals surface area contributed by atoms with E-state index in [1.807, 2.05) is 59.5 Å². The van der Waals surface area contributed by atoms with Crippen LogP contribution in [0.3, 0.4) is 0 Å². The van der Waals surface area contributed by atoms with E-state index < -0.39 is 18.1 Å². The Balaban J connectivity index is 1.81. The van der Waals surface area contributed by atoms with Crippen molar-refractivity contribution in [3.63, 3.8) is 0 Å². The second-order valence-corrected chi connectivity index (χ2v) is 9.09. The zero-order valence-electron chi connectivity index (χ0n) is 19.5. The van der Waals surface area contributed by atoms with Gasteiger partial charge in [0.25, 0.3) is 0 Å². The molecular formula is C27H27Cl2NO5. The predicted octanol–water partition coefficient (Wildman–Crippen LogP) is 6.23. The molecule has 0 aromatic heterocycles. The predicted molar refractivity (Wildman–Crippen MR) is 136 cm³/mol. The fourth-order valence-electron chi connectivity index (χ4n) is 4.57. The number of benzene rings is 3. The van der Waals surface area contributed by atoms with Gasteiger partial charge < -0.3 is 19.3 Å². The van der Waals surface area contributed by atoms with E-state index in [0.717, 1.165) is 23.1 Å². The molecule has 0 amide bonds. The summed E-state index contributed by atoms with van der Waals surface area (Å²) in [7, 11) is 3.12. The molecule has 3 aromatic carbocycles. The maximum atomic E-state index is 12.1. The summed E-state index contributed by atoms with van der Waals surface area (Å²) in [4.78, 5) is 14.0. The van der Waals surface area contributed by atoms with E-state index >= 15 is 0 Å². The number of rotatable bonds is 9. The Morgan fingerprint density at radius 1 is 1.06 bits per heavy atom. The fraction of sp³-hybridized carbons (Fsp3) is 0.296. The molecule has 1 aliphatic heterocycles. The standard InChI is InChI=1S/C27H27Cl2NO5/c1-33-22-14-18(15-23(34-2)26(22)35-16-17-8-4-3-5-9-17)25(19-10-6-11-20(28)24(19)29)30-13-7-12-21(30)27(31)32/h3-6,8-11,14-15,21,25H,7,12-13,16H2,1-2H3,(H,31,32). The molecule has 1 N–H and O–H groups in total. The molecule has 1 heterocycles. The summed E-state index contributed by atoms with van der Waals surface area (Å²) in [5.74, 6) is 0.552. The number of methoxy groups -OCH3 is 2. The van der Waals surface area contributed by atoms with E-state index in [4.69, 9.17) is 37.4 Å². The first-order valence-corrected chi connectivity index (χ1v) is 12.0. The topological polar surface area (TPSA) is 68.2 Å². The highest BCUT2D eigenvalue weighted by Gasteiger charge is 2.38. The third kappa shape index (κ3) is 5.35. The van der Waals surface area contributed by atoms with Gasteiger partial charge in [-0.2, -0.15) is 0 Å². The van der Waals surface area contributed by atoms with Crippen LogP contribution >= 0.6 is 23.2 Å². The summed E-state index contributed by atoms with van der Waals surface area (Å²) >= 11 is 13.0. The fourth-order valence-corrected chi connectivity index (χ4v) is 4.99. The monoisotopic (exact) mass is 515 g/mol. The van der Waals surface area contributed by atoms with Gasteiger partial charge in [0, 0.05) is 6.54 Å². The summed E-state index contributed by atoms with van der Waals surface area (Å²) in [6, 6.07) is 17.8. The minimum absolute atomic E-state index is 0.337. The van der Waals surface area contributed by atoms with Crippen molar-refractivity contribution < 1.29 is 24.1 Å². The Kier molecular flexibility index (Phi) is 8.06. The molecule has 3 aromatic rings. The number of ether oxygens (including phenoxy) is 3. The number of carbonyl (C=O) groups is 1. The number of nitrogens with zero attached hydrogens (tertiary/aromatic N) is 1. The molecule has 6 nitrogen and oxygen atoms in total. The highest BCUT2D eigenvalue weighted by Crippen LogP contribution is 2.46. The van der Waals surface area contributed by atoms with Gasteiger partial charge in [-0.3, -0.25) is 9.69 Å². The van der Waals surface area contributed by atoms with Crippen LogP contribution in [0.4, 0.5) is 0 Å². The summed E-state index contributed by atoms with van der Waals surface area (Å²) in [5, 5.41) is 10.7. The Morgan fingerprint density at radius 2 is 1.74 bits per heavy atom. The normalized spacial score (nSPS) is 16.6. The summed E-state index contributed by atoms with van der Waals surface area (Å²) in [5.41, 5.74) is 2.49. The molecule has 0 saturated carbocycles. The molecule has 0 aliphatic carbocycles. The number of halogens is 2. The third-order valence-corrected chi connectivity index (χ3v) is 7.05.